The normalized spacial score (nSPS) is 21.6. The first-order valence-electron chi connectivity index (χ1n) is 10.6. The SMILES string of the molecule is CN1CC[C@@H]2CCN(c3nc4nnc(-c5ccc(-c6cn[nH]c6)cc5O)cc4s3)[C@@H]2C1. The molecule has 0 saturated carbocycles. The van der Waals surface area contributed by atoms with E-state index in [9.17, 15) is 5.11 Å². The molecule has 2 aliphatic heterocycles. The highest BCUT2D eigenvalue weighted by Gasteiger charge is 2.38. The number of nitrogens with zero attached hydrogens (tertiary/aromatic N) is 6. The number of likely N-dealkylation sites (tertiary alicyclic amines) is 1. The number of thiazole rings is 1. The summed E-state index contributed by atoms with van der Waals surface area (Å²) < 4.78 is 0.992. The third kappa shape index (κ3) is 3.24. The van der Waals surface area contributed by atoms with Crippen LogP contribution in [0.5, 0.6) is 5.75 Å². The first-order valence-corrected chi connectivity index (χ1v) is 11.4. The molecule has 1 aromatic carbocycles. The third-order valence-electron chi connectivity index (χ3n) is 6.56. The third-order valence-corrected chi connectivity index (χ3v) is 7.59. The smallest absolute Gasteiger partial charge is 0.194 e. The van der Waals surface area contributed by atoms with E-state index in [0.717, 1.165) is 40.0 Å². The number of aromatic hydroxyl groups is 1. The van der Waals surface area contributed by atoms with Gasteiger partial charge in [0.25, 0.3) is 0 Å². The van der Waals surface area contributed by atoms with Gasteiger partial charge in [0.05, 0.1) is 16.6 Å². The molecule has 5 heterocycles. The van der Waals surface area contributed by atoms with E-state index in [4.69, 9.17) is 4.98 Å². The van der Waals surface area contributed by atoms with Crippen LogP contribution in [0.3, 0.4) is 0 Å². The number of nitrogens with one attached hydrogen (secondary N) is 1. The van der Waals surface area contributed by atoms with Crippen molar-refractivity contribution in [2.45, 2.75) is 18.9 Å². The van der Waals surface area contributed by atoms with Crippen LogP contribution in [0.1, 0.15) is 12.8 Å². The minimum atomic E-state index is 0.171. The summed E-state index contributed by atoms with van der Waals surface area (Å²) in [4.78, 5) is 9.67. The summed E-state index contributed by atoms with van der Waals surface area (Å²) >= 11 is 1.67. The molecule has 158 valence electrons. The standard InChI is InChI=1S/C22H23N7OS/c1-28-6-4-13-5-7-29(18(13)12-28)22-25-21-20(31-22)9-17(26-27-21)16-3-2-14(8-19(16)30)15-10-23-24-11-15/h2-3,8-11,13,18,30H,4-7,12H2,1H3,(H,23,24)/t13-,18-/m1/s1. The van der Waals surface area contributed by atoms with Crippen LogP contribution in [-0.4, -0.2) is 68.1 Å². The van der Waals surface area contributed by atoms with E-state index in [1.807, 2.05) is 18.2 Å². The van der Waals surface area contributed by atoms with Crippen LogP contribution >= 0.6 is 11.3 Å². The maximum Gasteiger partial charge on any atom is 0.194 e. The van der Waals surface area contributed by atoms with Gasteiger partial charge >= 0.3 is 0 Å². The molecule has 0 bridgehead atoms. The molecule has 31 heavy (non-hydrogen) atoms. The van der Waals surface area contributed by atoms with Crippen LogP contribution in [0.15, 0.2) is 36.7 Å². The number of aromatic nitrogens is 5. The Morgan fingerprint density at radius 1 is 1.13 bits per heavy atom. The molecule has 4 aromatic rings. The van der Waals surface area contributed by atoms with E-state index in [-0.39, 0.29) is 5.75 Å². The van der Waals surface area contributed by atoms with Gasteiger partial charge in [0.2, 0.25) is 0 Å². The average molecular weight is 434 g/mol. The second-order valence-corrected chi connectivity index (χ2v) is 9.50. The van der Waals surface area contributed by atoms with Crippen LogP contribution in [0.25, 0.3) is 32.7 Å². The lowest BCUT2D eigenvalue weighted by Gasteiger charge is -2.36. The predicted octanol–water partition coefficient (Wildman–Crippen LogP) is 3.38. The zero-order valence-electron chi connectivity index (χ0n) is 17.2. The number of phenols is 1. The molecule has 2 atom stereocenters. The Bertz CT molecular complexity index is 1240. The number of fused-ring (bicyclic) bond motifs is 2. The number of hydrogen-bond donors (Lipinski definition) is 2. The van der Waals surface area contributed by atoms with E-state index in [1.165, 1.54) is 19.4 Å². The molecule has 0 aliphatic carbocycles. The Balaban J connectivity index is 1.32. The number of anilines is 1. The quantitative estimate of drug-likeness (QED) is 0.511. The zero-order chi connectivity index (χ0) is 20.9. The lowest BCUT2D eigenvalue weighted by molar-refractivity contribution is 0.208. The summed E-state index contributed by atoms with van der Waals surface area (Å²) in [7, 11) is 2.20. The van der Waals surface area contributed by atoms with Crippen molar-refractivity contribution >= 4 is 26.8 Å². The number of rotatable bonds is 3. The maximum absolute atomic E-state index is 10.6. The predicted molar refractivity (Wildman–Crippen MR) is 121 cm³/mol. The number of H-pyrrole nitrogens is 1. The summed E-state index contributed by atoms with van der Waals surface area (Å²) in [5.41, 5.74) is 3.80. The maximum atomic E-state index is 10.6. The van der Waals surface area contributed by atoms with Crippen molar-refractivity contribution in [3.63, 3.8) is 0 Å². The summed E-state index contributed by atoms with van der Waals surface area (Å²) in [6.45, 7) is 3.33. The molecule has 8 nitrogen and oxygen atoms in total. The van der Waals surface area contributed by atoms with Gasteiger partial charge in [0, 0.05) is 36.5 Å². The topological polar surface area (TPSA) is 94.1 Å². The molecule has 2 fully saturated rings. The van der Waals surface area contributed by atoms with Gasteiger partial charge in [-0.3, -0.25) is 5.10 Å². The van der Waals surface area contributed by atoms with Crippen LogP contribution in [-0.2, 0) is 0 Å². The molecule has 6 rings (SSSR count). The molecule has 2 aliphatic rings. The summed E-state index contributed by atoms with van der Waals surface area (Å²) in [6, 6.07) is 8.07. The number of aromatic amines is 1. The largest absolute Gasteiger partial charge is 0.507 e. The van der Waals surface area contributed by atoms with Crippen molar-refractivity contribution in [1.82, 2.24) is 30.3 Å². The molecule has 0 unspecified atom stereocenters. The average Bonchev–Trinajstić information content (AvgIpc) is 3.51. The molecule has 3 aromatic heterocycles. The van der Waals surface area contributed by atoms with Gasteiger partial charge in [-0.25, -0.2) is 0 Å². The molecule has 2 saturated heterocycles. The van der Waals surface area contributed by atoms with E-state index in [0.29, 0.717) is 22.9 Å². The molecule has 9 heteroatoms. The number of hydrogen-bond acceptors (Lipinski definition) is 8. The Morgan fingerprint density at radius 2 is 2.03 bits per heavy atom. The Labute approximate surface area is 183 Å². The number of benzene rings is 1. The Kier molecular flexibility index (Phi) is 4.39. The lowest BCUT2D eigenvalue weighted by Crippen LogP contribution is -2.46. The fourth-order valence-electron chi connectivity index (χ4n) is 4.86. The van der Waals surface area contributed by atoms with Gasteiger partial charge < -0.3 is 14.9 Å². The summed E-state index contributed by atoms with van der Waals surface area (Å²) in [6.07, 6.45) is 6.03. The van der Waals surface area contributed by atoms with Crippen molar-refractivity contribution in [1.29, 1.82) is 0 Å². The molecule has 0 amide bonds. The highest BCUT2D eigenvalue weighted by Crippen LogP contribution is 2.39. The minimum Gasteiger partial charge on any atom is -0.507 e. The van der Waals surface area contributed by atoms with Gasteiger partial charge in [0.1, 0.15) is 5.75 Å². The van der Waals surface area contributed by atoms with Crippen LogP contribution < -0.4 is 4.90 Å². The minimum absolute atomic E-state index is 0.171. The molecule has 0 spiro atoms. The summed E-state index contributed by atoms with van der Waals surface area (Å²) in [5.74, 6) is 0.931. The van der Waals surface area contributed by atoms with Crippen molar-refractivity contribution in [3.05, 3.63) is 36.7 Å². The second kappa shape index (κ2) is 7.28. The summed E-state index contributed by atoms with van der Waals surface area (Å²) in [5, 5.41) is 27.1. The van der Waals surface area contributed by atoms with Crippen molar-refractivity contribution < 1.29 is 5.11 Å². The number of likely N-dealkylation sites (N-methyl/N-ethyl adjacent to an activating group) is 1. The first kappa shape index (κ1) is 18.7. The second-order valence-electron chi connectivity index (χ2n) is 8.49. The Hall–Kier alpha value is -3.04. The van der Waals surface area contributed by atoms with Gasteiger partial charge in [-0.2, -0.15) is 10.1 Å². The van der Waals surface area contributed by atoms with E-state index in [1.54, 1.807) is 29.8 Å². The van der Waals surface area contributed by atoms with E-state index in [2.05, 4.69) is 37.2 Å². The van der Waals surface area contributed by atoms with Gasteiger partial charge in [-0.15, -0.1) is 10.2 Å². The number of piperidine rings is 1. The van der Waals surface area contributed by atoms with E-state index < -0.39 is 0 Å². The zero-order valence-corrected chi connectivity index (χ0v) is 18.0. The number of phenolic OH excluding ortho intramolecular Hbond substituents is 1. The fourth-order valence-corrected chi connectivity index (χ4v) is 5.88. The van der Waals surface area contributed by atoms with Crippen LogP contribution in [0.4, 0.5) is 5.13 Å². The molecular weight excluding hydrogens is 410 g/mol. The highest BCUT2D eigenvalue weighted by atomic mass is 32.1. The van der Waals surface area contributed by atoms with E-state index >= 15 is 0 Å². The van der Waals surface area contributed by atoms with Crippen LogP contribution in [0, 0.1) is 5.92 Å². The fraction of sp³-hybridized carbons (Fsp3) is 0.364. The molecule has 2 N–H and O–H groups in total. The van der Waals surface area contributed by atoms with Crippen molar-refractivity contribution in [2.24, 2.45) is 5.92 Å². The van der Waals surface area contributed by atoms with Gasteiger partial charge in [0.15, 0.2) is 10.8 Å². The first-order chi connectivity index (χ1) is 15.2. The van der Waals surface area contributed by atoms with Crippen molar-refractivity contribution in [2.75, 3.05) is 31.6 Å². The van der Waals surface area contributed by atoms with Gasteiger partial charge in [-0.1, -0.05) is 17.4 Å². The monoisotopic (exact) mass is 433 g/mol. The van der Waals surface area contributed by atoms with Crippen LogP contribution in [0.2, 0.25) is 0 Å². The Morgan fingerprint density at radius 3 is 2.87 bits per heavy atom. The van der Waals surface area contributed by atoms with Gasteiger partial charge in [-0.05, 0) is 56.1 Å². The molecule has 0 radical (unpaired) electrons. The lowest BCUT2D eigenvalue weighted by atomic mass is 9.93. The highest BCUT2D eigenvalue weighted by molar-refractivity contribution is 7.22. The molecular formula is C22H23N7OS. The van der Waals surface area contributed by atoms with Crippen molar-refractivity contribution in [3.8, 4) is 28.1 Å².